The second-order valence-corrected chi connectivity index (χ2v) is 5.95. The van der Waals surface area contributed by atoms with Gasteiger partial charge in [0.1, 0.15) is 0 Å². The van der Waals surface area contributed by atoms with Crippen LogP contribution in [0.4, 0.5) is 0 Å². The summed E-state index contributed by atoms with van der Waals surface area (Å²) in [5.41, 5.74) is 3.49. The summed E-state index contributed by atoms with van der Waals surface area (Å²) in [6.07, 6.45) is 0.414. The monoisotopic (exact) mass is 303 g/mol. The standard InChI is InChI=1S/C18H22ClNO/c1-13-6-3-4-7-15(13)10-14(2)20-12-18(21)16-8-5-9-17(19)11-16/h3-9,11,14,18,20-21H,10,12H2,1-2H3/t14-,18+/m1/s1. The van der Waals surface area contributed by atoms with Crippen LogP contribution in [0, 0.1) is 6.92 Å². The zero-order valence-electron chi connectivity index (χ0n) is 12.5. The maximum atomic E-state index is 10.2. The van der Waals surface area contributed by atoms with Crippen molar-refractivity contribution < 1.29 is 5.11 Å². The number of benzene rings is 2. The molecule has 21 heavy (non-hydrogen) atoms. The molecule has 2 aromatic rings. The number of aliphatic hydroxyl groups excluding tert-OH is 1. The number of hydrogen-bond acceptors (Lipinski definition) is 2. The largest absolute Gasteiger partial charge is 0.387 e. The van der Waals surface area contributed by atoms with Gasteiger partial charge in [-0.2, -0.15) is 0 Å². The SMILES string of the molecule is Cc1ccccc1C[C@@H](C)NC[C@H](O)c1cccc(Cl)c1. The Morgan fingerprint density at radius 1 is 1.14 bits per heavy atom. The number of halogens is 1. The molecule has 0 heterocycles. The van der Waals surface area contributed by atoms with E-state index in [0.717, 1.165) is 12.0 Å². The third kappa shape index (κ3) is 4.85. The quantitative estimate of drug-likeness (QED) is 0.848. The predicted molar refractivity (Wildman–Crippen MR) is 88.8 cm³/mol. The first-order valence-electron chi connectivity index (χ1n) is 7.27. The Balaban J connectivity index is 1.86. The van der Waals surface area contributed by atoms with Crippen LogP contribution < -0.4 is 5.32 Å². The average molecular weight is 304 g/mol. The van der Waals surface area contributed by atoms with Crippen LogP contribution in [0.3, 0.4) is 0 Å². The van der Waals surface area contributed by atoms with E-state index in [9.17, 15) is 5.11 Å². The third-order valence-corrected chi connectivity index (χ3v) is 3.92. The summed E-state index contributed by atoms with van der Waals surface area (Å²) in [4.78, 5) is 0. The second kappa shape index (κ2) is 7.60. The second-order valence-electron chi connectivity index (χ2n) is 5.51. The highest BCUT2D eigenvalue weighted by molar-refractivity contribution is 6.30. The third-order valence-electron chi connectivity index (χ3n) is 3.68. The van der Waals surface area contributed by atoms with Gasteiger partial charge in [0.25, 0.3) is 0 Å². The summed E-state index contributed by atoms with van der Waals surface area (Å²) < 4.78 is 0. The van der Waals surface area contributed by atoms with Crippen LogP contribution in [0.15, 0.2) is 48.5 Å². The van der Waals surface area contributed by atoms with E-state index in [1.54, 1.807) is 6.07 Å². The zero-order chi connectivity index (χ0) is 15.2. The minimum Gasteiger partial charge on any atom is -0.387 e. The van der Waals surface area contributed by atoms with Crippen molar-refractivity contribution >= 4 is 11.6 Å². The number of rotatable bonds is 6. The van der Waals surface area contributed by atoms with Gasteiger partial charge in [0.2, 0.25) is 0 Å². The summed E-state index contributed by atoms with van der Waals surface area (Å²) in [5.74, 6) is 0. The van der Waals surface area contributed by atoms with Gasteiger partial charge in [-0.1, -0.05) is 48.0 Å². The Morgan fingerprint density at radius 3 is 2.62 bits per heavy atom. The van der Waals surface area contributed by atoms with Gasteiger partial charge in [0, 0.05) is 17.6 Å². The van der Waals surface area contributed by atoms with Gasteiger partial charge in [-0.25, -0.2) is 0 Å². The van der Waals surface area contributed by atoms with E-state index in [1.807, 2.05) is 18.2 Å². The molecular weight excluding hydrogens is 282 g/mol. The molecule has 0 bridgehead atoms. The fraction of sp³-hybridized carbons (Fsp3) is 0.333. The number of aliphatic hydroxyl groups is 1. The van der Waals surface area contributed by atoms with E-state index in [-0.39, 0.29) is 0 Å². The van der Waals surface area contributed by atoms with Crippen LogP contribution in [-0.2, 0) is 6.42 Å². The molecule has 0 aliphatic heterocycles. The number of aryl methyl sites for hydroxylation is 1. The molecule has 2 rings (SSSR count). The minimum atomic E-state index is -0.539. The lowest BCUT2D eigenvalue weighted by molar-refractivity contribution is 0.170. The molecule has 0 unspecified atom stereocenters. The zero-order valence-corrected chi connectivity index (χ0v) is 13.3. The van der Waals surface area contributed by atoms with Gasteiger partial charge in [-0.15, -0.1) is 0 Å². The Kier molecular flexibility index (Phi) is 5.80. The molecule has 0 aromatic heterocycles. The van der Waals surface area contributed by atoms with Crippen molar-refractivity contribution in [1.82, 2.24) is 5.32 Å². The first-order valence-corrected chi connectivity index (χ1v) is 7.65. The molecule has 0 saturated heterocycles. The van der Waals surface area contributed by atoms with E-state index in [4.69, 9.17) is 11.6 Å². The van der Waals surface area contributed by atoms with E-state index >= 15 is 0 Å². The van der Waals surface area contributed by atoms with Gasteiger partial charge in [-0.3, -0.25) is 0 Å². The van der Waals surface area contributed by atoms with Gasteiger partial charge in [-0.05, 0) is 49.1 Å². The maximum Gasteiger partial charge on any atom is 0.0914 e. The van der Waals surface area contributed by atoms with Crippen molar-refractivity contribution in [3.8, 4) is 0 Å². The van der Waals surface area contributed by atoms with Gasteiger partial charge in [0.15, 0.2) is 0 Å². The van der Waals surface area contributed by atoms with Crippen molar-refractivity contribution in [3.63, 3.8) is 0 Å². The van der Waals surface area contributed by atoms with Crippen molar-refractivity contribution in [3.05, 3.63) is 70.2 Å². The van der Waals surface area contributed by atoms with Crippen LogP contribution in [0.2, 0.25) is 5.02 Å². The Labute approximate surface area is 131 Å². The van der Waals surface area contributed by atoms with E-state index in [0.29, 0.717) is 17.6 Å². The van der Waals surface area contributed by atoms with Crippen LogP contribution in [0.5, 0.6) is 0 Å². The molecule has 112 valence electrons. The summed E-state index contributed by atoms with van der Waals surface area (Å²) in [6, 6.07) is 16.1. The molecule has 2 N–H and O–H groups in total. The molecule has 0 aliphatic rings. The lowest BCUT2D eigenvalue weighted by Crippen LogP contribution is -2.32. The predicted octanol–water partition coefficient (Wildman–Crippen LogP) is 3.90. The first-order chi connectivity index (χ1) is 10.1. The fourth-order valence-corrected chi connectivity index (χ4v) is 2.58. The summed E-state index contributed by atoms with van der Waals surface area (Å²) in [5, 5.41) is 14.2. The topological polar surface area (TPSA) is 32.3 Å². The molecule has 0 fully saturated rings. The minimum absolute atomic E-state index is 0.305. The normalized spacial score (nSPS) is 13.9. The molecule has 0 amide bonds. The Hall–Kier alpha value is -1.35. The molecule has 0 saturated carbocycles. The number of nitrogens with one attached hydrogen (secondary N) is 1. The average Bonchev–Trinajstić information content (AvgIpc) is 2.47. The fourth-order valence-electron chi connectivity index (χ4n) is 2.39. The van der Waals surface area contributed by atoms with Crippen LogP contribution in [-0.4, -0.2) is 17.7 Å². The van der Waals surface area contributed by atoms with E-state index in [1.165, 1.54) is 11.1 Å². The highest BCUT2D eigenvalue weighted by Crippen LogP contribution is 2.17. The molecule has 0 radical (unpaired) electrons. The van der Waals surface area contributed by atoms with Crippen LogP contribution in [0.1, 0.15) is 29.7 Å². The van der Waals surface area contributed by atoms with Crippen molar-refractivity contribution in [2.45, 2.75) is 32.4 Å². The van der Waals surface area contributed by atoms with E-state index < -0.39 is 6.10 Å². The molecular formula is C18H22ClNO. The molecule has 0 aliphatic carbocycles. The van der Waals surface area contributed by atoms with Gasteiger partial charge >= 0.3 is 0 Å². The first kappa shape index (κ1) is 16.0. The molecule has 0 spiro atoms. The lowest BCUT2D eigenvalue weighted by Gasteiger charge is -2.18. The summed E-state index contributed by atoms with van der Waals surface area (Å²) in [7, 11) is 0. The van der Waals surface area contributed by atoms with E-state index in [2.05, 4.69) is 43.4 Å². The highest BCUT2D eigenvalue weighted by atomic mass is 35.5. The maximum absolute atomic E-state index is 10.2. The van der Waals surface area contributed by atoms with Crippen molar-refractivity contribution in [1.29, 1.82) is 0 Å². The van der Waals surface area contributed by atoms with Crippen LogP contribution in [0.25, 0.3) is 0 Å². The summed E-state index contributed by atoms with van der Waals surface area (Å²) >= 11 is 5.94. The van der Waals surface area contributed by atoms with Crippen LogP contribution >= 0.6 is 11.6 Å². The van der Waals surface area contributed by atoms with Gasteiger partial charge in [0.05, 0.1) is 6.10 Å². The number of hydrogen-bond donors (Lipinski definition) is 2. The molecule has 2 aromatic carbocycles. The summed E-state index contributed by atoms with van der Waals surface area (Å²) in [6.45, 7) is 4.79. The smallest absolute Gasteiger partial charge is 0.0914 e. The van der Waals surface area contributed by atoms with Crippen molar-refractivity contribution in [2.75, 3.05) is 6.54 Å². The molecule has 3 heteroatoms. The Morgan fingerprint density at radius 2 is 1.90 bits per heavy atom. The lowest BCUT2D eigenvalue weighted by atomic mass is 10.0. The Bertz CT molecular complexity index is 585. The molecule has 2 nitrogen and oxygen atoms in total. The van der Waals surface area contributed by atoms with Gasteiger partial charge < -0.3 is 10.4 Å². The highest BCUT2D eigenvalue weighted by Gasteiger charge is 2.10. The molecule has 2 atom stereocenters. The van der Waals surface area contributed by atoms with Crippen molar-refractivity contribution in [2.24, 2.45) is 0 Å².